The highest BCUT2D eigenvalue weighted by molar-refractivity contribution is 7.89. The third kappa shape index (κ3) is 9.42. The first-order valence-corrected chi connectivity index (χ1v) is 16.2. The lowest BCUT2D eigenvalue weighted by molar-refractivity contribution is -0.121. The molecule has 1 saturated heterocycles. The Labute approximate surface area is 259 Å². The van der Waals surface area contributed by atoms with Crippen LogP contribution in [0.2, 0.25) is 5.02 Å². The zero-order valence-corrected chi connectivity index (χ0v) is 26.5. The third-order valence-electron chi connectivity index (χ3n) is 6.98. The van der Waals surface area contributed by atoms with E-state index in [1.165, 1.54) is 11.4 Å². The summed E-state index contributed by atoms with van der Waals surface area (Å²) in [7, 11) is -2.51. The Hall–Kier alpha value is -3.15. The van der Waals surface area contributed by atoms with Crippen LogP contribution in [0.4, 0.5) is 0 Å². The fourth-order valence-electron chi connectivity index (χ4n) is 4.60. The Morgan fingerprint density at radius 2 is 1.72 bits per heavy atom. The maximum Gasteiger partial charge on any atom is 0.243 e. The molecule has 0 bridgehead atoms. The van der Waals surface area contributed by atoms with Gasteiger partial charge in [-0.2, -0.15) is 4.31 Å². The minimum absolute atomic E-state index is 0.0435. The van der Waals surface area contributed by atoms with Gasteiger partial charge in [-0.1, -0.05) is 61.8 Å². The molecule has 0 unspecified atom stereocenters. The Morgan fingerprint density at radius 3 is 2.40 bits per heavy atom. The van der Waals surface area contributed by atoms with Crippen molar-refractivity contribution < 1.29 is 27.4 Å². The molecule has 4 rings (SSSR count). The van der Waals surface area contributed by atoms with E-state index in [-0.39, 0.29) is 24.5 Å². The largest absolute Gasteiger partial charge is 0.493 e. The minimum atomic E-state index is -4.05. The summed E-state index contributed by atoms with van der Waals surface area (Å²) < 4.78 is 45.9. The van der Waals surface area contributed by atoms with Gasteiger partial charge < -0.3 is 19.5 Å². The van der Waals surface area contributed by atoms with E-state index in [9.17, 15) is 13.2 Å². The van der Waals surface area contributed by atoms with Crippen LogP contribution in [0, 0.1) is 5.92 Å². The summed E-state index contributed by atoms with van der Waals surface area (Å²) in [6.07, 6.45) is 0. The highest BCUT2D eigenvalue weighted by atomic mass is 35.5. The number of carbonyl (C=O) groups excluding carboxylic acids is 1. The first-order valence-electron chi connectivity index (χ1n) is 14.3. The Bertz CT molecular complexity index is 1460. The smallest absolute Gasteiger partial charge is 0.243 e. The first kappa shape index (κ1) is 32.8. The number of nitrogens with one attached hydrogen (secondary N) is 1. The van der Waals surface area contributed by atoms with Crippen molar-refractivity contribution in [3.05, 3.63) is 88.4 Å². The number of nitrogens with zero attached hydrogens (tertiary/aromatic N) is 2. The Kier molecular flexibility index (Phi) is 11.8. The summed E-state index contributed by atoms with van der Waals surface area (Å²) >= 11 is 6.24. The van der Waals surface area contributed by atoms with E-state index < -0.39 is 15.9 Å². The molecule has 0 saturated carbocycles. The quantitative estimate of drug-likeness (QED) is 0.276. The summed E-state index contributed by atoms with van der Waals surface area (Å²) in [5.74, 6) is 0.944. The number of amides is 1. The van der Waals surface area contributed by atoms with Gasteiger partial charge >= 0.3 is 0 Å². The molecular weight excluding hydrogens is 590 g/mol. The van der Waals surface area contributed by atoms with Crippen molar-refractivity contribution >= 4 is 27.5 Å². The van der Waals surface area contributed by atoms with Crippen molar-refractivity contribution in [3.8, 4) is 11.5 Å². The van der Waals surface area contributed by atoms with Crippen molar-refractivity contribution in [3.63, 3.8) is 0 Å². The Morgan fingerprint density at radius 1 is 1.02 bits per heavy atom. The van der Waals surface area contributed by atoms with Crippen molar-refractivity contribution in [2.45, 2.75) is 38.4 Å². The van der Waals surface area contributed by atoms with Crippen molar-refractivity contribution in [1.82, 2.24) is 14.5 Å². The molecule has 11 heteroatoms. The number of hydrogen-bond donors (Lipinski definition) is 1. The number of benzene rings is 3. The number of rotatable bonds is 14. The molecule has 1 N–H and O–H groups in total. The second kappa shape index (κ2) is 15.5. The summed E-state index contributed by atoms with van der Waals surface area (Å²) in [5.41, 5.74) is 2.40. The minimum Gasteiger partial charge on any atom is -0.493 e. The maximum absolute atomic E-state index is 13.9. The normalized spacial score (nSPS) is 14.2. The van der Waals surface area contributed by atoms with E-state index in [2.05, 4.69) is 24.1 Å². The SMILES string of the molecule is COc1cc(CN(CC(=O)NCc2ccccc2Cl)S(=O)(=O)c2ccc(CN3CCOCC3)cc2)ccc1OCC(C)C. The number of methoxy groups -OCH3 is 1. The average Bonchev–Trinajstić information content (AvgIpc) is 3.00. The van der Waals surface area contributed by atoms with Crippen LogP contribution >= 0.6 is 11.6 Å². The molecular formula is C32H40ClN3O6S. The zero-order chi connectivity index (χ0) is 30.8. The van der Waals surface area contributed by atoms with Crippen LogP contribution in [-0.4, -0.2) is 70.1 Å². The van der Waals surface area contributed by atoms with E-state index in [1.54, 1.807) is 36.4 Å². The van der Waals surface area contributed by atoms with E-state index in [4.69, 9.17) is 25.8 Å². The Balaban J connectivity index is 1.54. The van der Waals surface area contributed by atoms with Crippen LogP contribution < -0.4 is 14.8 Å². The monoisotopic (exact) mass is 629 g/mol. The fourth-order valence-corrected chi connectivity index (χ4v) is 6.19. The molecule has 232 valence electrons. The lowest BCUT2D eigenvalue weighted by Gasteiger charge is -2.26. The van der Waals surface area contributed by atoms with Gasteiger partial charge in [0.25, 0.3) is 0 Å². The van der Waals surface area contributed by atoms with Gasteiger partial charge in [-0.3, -0.25) is 9.69 Å². The standard InChI is InChI=1S/C32H40ClN3O6S/c1-24(2)23-42-30-13-10-26(18-31(30)40-3)21-36(22-32(37)34-19-27-6-4-5-7-29(27)33)43(38,39)28-11-8-25(9-12-28)20-35-14-16-41-17-15-35/h4-13,18,24H,14-17,19-23H2,1-3H3,(H,34,37). The van der Waals surface area contributed by atoms with Crippen LogP contribution in [0.5, 0.6) is 11.5 Å². The van der Waals surface area contributed by atoms with Gasteiger partial charge in [0, 0.05) is 37.7 Å². The van der Waals surface area contributed by atoms with Gasteiger partial charge in [0.05, 0.1) is 38.4 Å². The summed E-state index contributed by atoms with van der Waals surface area (Å²) in [6.45, 7) is 8.14. The zero-order valence-electron chi connectivity index (χ0n) is 24.9. The summed E-state index contributed by atoms with van der Waals surface area (Å²) in [5, 5.41) is 3.33. The molecule has 3 aromatic carbocycles. The van der Waals surface area contributed by atoms with E-state index >= 15 is 0 Å². The van der Waals surface area contributed by atoms with E-state index in [0.29, 0.717) is 54.4 Å². The van der Waals surface area contributed by atoms with Gasteiger partial charge in [0.15, 0.2) is 11.5 Å². The van der Waals surface area contributed by atoms with E-state index in [1.807, 2.05) is 30.3 Å². The number of halogens is 1. The fraction of sp³-hybridized carbons (Fsp3) is 0.406. The lowest BCUT2D eigenvalue weighted by atomic mass is 10.2. The van der Waals surface area contributed by atoms with E-state index in [0.717, 1.165) is 24.2 Å². The van der Waals surface area contributed by atoms with Crippen LogP contribution in [0.1, 0.15) is 30.5 Å². The first-order chi connectivity index (χ1) is 20.7. The van der Waals surface area contributed by atoms with Gasteiger partial charge in [0.1, 0.15) is 0 Å². The summed E-state index contributed by atoms with van der Waals surface area (Å²) in [6, 6.07) is 19.3. The van der Waals surface area contributed by atoms with Gasteiger partial charge in [-0.15, -0.1) is 0 Å². The van der Waals surface area contributed by atoms with Crippen LogP contribution in [-0.2, 0) is 39.2 Å². The molecule has 43 heavy (non-hydrogen) atoms. The van der Waals surface area contributed by atoms with Gasteiger partial charge in [0.2, 0.25) is 15.9 Å². The highest BCUT2D eigenvalue weighted by Crippen LogP contribution is 2.30. The number of ether oxygens (including phenoxy) is 3. The van der Waals surface area contributed by atoms with Crippen LogP contribution in [0.3, 0.4) is 0 Å². The third-order valence-corrected chi connectivity index (χ3v) is 9.16. The molecule has 9 nitrogen and oxygen atoms in total. The highest BCUT2D eigenvalue weighted by Gasteiger charge is 2.28. The van der Waals surface area contributed by atoms with Crippen LogP contribution in [0.25, 0.3) is 0 Å². The molecule has 0 spiro atoms. The summed E-state index contributed by atoms with van der Waals surface area (Å²) in [4.78, 5) is 15.5. The maximum atomic E-state index is 13.9. The molecule has 3 aromatic rings. The number of carbonyl (C=O) groups is 1. The van der Waals surface area contributed by atoms with Gasteiger partial charge in [-0.25, -0.2) is 8.42 Å². The average molecular weight is 630 g/mol. The molecule has 1 aliphatic heterocycles. The lowest BCUT2D eigenvalue weighted by Crippen LogP contribution is -2.40. The van der Waals surface area contributed by atoms with Crippen molar-refractivity contribution in [2.75, 3.05) is 46.6 Å². The molecule has 1 amide bonds. The molecule has 0 aliphatic carbocycles. The van der Waals surface area contributed by atoms with Crippen molar-refractivity contribution in [1.29, 1.82) is 0 Å². The number of hydrogen-bond acceptors (Lipinski definition) is 7. The topological polar surface area (TPSA) is 97.4 Å². The molecule has 0 atom stereocenters. The molecule has 1 aliphatic rings. The van der Waals surface area contributed by atoms with Gasteiger partial charge in [-0.05, 0) is 52.9 Å². The molecule has 1 heterocycles. The number of morpholine rings is 1. The molecule has 0 aromatic heterocycles. The second-order valence-corrected chi connectivity index (χ2v) is 13.2. The predicted octanol–water partition coefficient (Wildman–Crippen LogP) is 4.72. The molecule has 0 radical (unpaired) electrons. The predicted molar refractivity (Wildman–Crippen MR) is 167 cm³/mol. The second-order valence-electron chi connectivity index (χ2n) is 10.9. The number of sulfonamides is 1. The van der Waals surface area contributed by atoms with Crippen LogP contribution in [0.15, 0.2) is 71.6 Å². The van der Waals surface area contributed by atoms with Crippen molar-refractivity contribution in [2.24, 2.45) is 5.92 Å². The molecule has 1 fully saturated rings.